The van der Waals surface area contributed by atoms with Crippen LogP contribution in [0.3, 0.4) is 0 Å². The summed E-state index contributed by atoms with van der Waals surface area (Å²) in [5.41, 5.74) is 0.597. The van der Waals surface area contributed by atoms with Gasteiger partial charge in [-0.2, -0.15) is 0 Å². The maximum atomic E-state index is 12.3. The third-order valence-electron chi connectivity index (χ3n) is 3.73. The van der Waals surface area contributed by atoms with E-state index >= 15 is 0 Å². The fraction of sp³-hybridized carbons (Fsp3) is 0.278. The molecule has 3 aromatic rings. The average Bonchev–Trinajstić information content (AvgIpc) is 2.94. The van der Waals surface area contributed by atoms with Crippen molar-refractivity contribution in [3.05, 3.63) is 48.3 Å². The second-order valence-corrected chi connectivity index (χ2v) is 7.73. The highest BCUT2D eigenvalue weighted by Crippen LogP contribution is 2.25. The minimum absolute atomic E-state index is 0.110. The predicted octanol–water partition coefficient (Wildman–Crippen LogP) is 3.17. The molecule has 0 aliphatic rings. The first-order valence-electron chi connectivity index (χ1n) is 7.97. The van der Waals surface area contributed by atoms with E-state index in [9.17, 15) is 4.79 Å². The van der Waals surface area contributed by atoms with E-state index in [0.717, 1.165) is 16.5 Å². The monoisotopic (exact) mass is 355 g/mol. The zero-order valence-corrected chi connectivity index (χ0v) is 15.3. The predicted molar refractivity (Wildman–Crippen MR) is 102 cm³/mol. The smallest absolute Gasteiger partial charge is 0.234 e. The van der Waals surface area contributed by atoms with Crippen LogP contribution in [-0.4, -0.2) is 26.5 Å². The number of nitrogens with zero attached hydrogens (tertiary/aromatic N) is 3. The Morgan fingerprint density at radius 3 is 2.60 bits per heavy atom. The number of benzene rings is 2. The Bertz CT molecular complexity index is 908. The lowest BCUT2D eigenvalue weighted by atomic mass is 9.96. The Labute approximate surface area is 150 Å². The molecule has 130 valence electrons. The van der Waals surface area contributed by atoms with E-state index in [4.69, 9.17) is 5.84 Å². The fourth-order valence-electron chi connectivity index (χ4n) is 2.54. The van der Waals surface area contributed by atoms with E-state index in [1.807, 2.05) is 63.2 Å². The number of hydrogen-bond donors (Lipinski definition) is 2. The maximum absolute atomic E-state index is 12.3. The van der Waals surface area contributed by atoms with Gasteiger partial charge < -0.3 is 11.2 Å². The van der Waals surface area contributed by atoms with Crippen LogP contribution in [0.25, 0.3) is 10.8 Å². The summed E-state index contributed by atoms with van der Waals surface area (Å²) in [7, 11) is 0. The minimum Gasteiger partial charge on any atom is -0.336 e. The summed E-state index contributed by atoms with van der Waals surface area (Å²) in [4.78, 5) is 12.3. The molecule has 0 atom stereocenters. The number of anilines is 1. The number of aromatic nitrogens is 3. The molecule has 0 saturated carbocycles. The molecule has 2 aromatic carbocycles. The van der Waals surface area contributed by atoms with Gasteiger partial charge in [0.25, 0.3) is 0 Å². The van der Waals surface area contributed by atoms with Crippen LogP contribution in [0.2, 0.25) is 0 Å². The number of thioether (sulfide) groups is 1. The molecule has 0 unspecified atom stereocenters. The van der Waals surface area contributed by atoms with Crippen LogP contribution >= 0.6 is 11.8 Å². The first kappa shape index (κ1) is 17.3. The lowest BCUT2D eigenvalue weighted by molar-refractivity contribution is -0.113. The van der Waals surface area contributed by atoms with Crippen LogP contribution in [-0.2, 0) is 10.2 Å². The largest absolute Gasteiger partial charge is 0.336 e. The number of rotatable bonds is 4. The molecule has 7 heteroatoms. The Kier molecular flexibility index (Phi) is 4.67. The lowest BCUT2D eigenvalue weighted by Crippen LogP contribution is -2.24. The van der Waals surface area contributed by atoms with E-state index in [1.54, 1.807) is 0 Å². The van der Waals surface area contributed by atoms with E-state index in [0.29, 0.717) is 11.0 Å². The van der Waals surface area contributed by atoms with Crippen molar-refractivity contribution in [2.24, 2.45) is 0 Å². The van der Waals surface area contributed by atoms with E-state index < -0.39 is 0 Å². The number of carbonyl (C=O) groups excluding carboxylic acids is 1. The number of amides is 1. The summed E-state index contributed by atoms with van der Waals surface area (Å²) >= 11 is 1.27. The lowest BCUT2D eigenvalue weighted by Gasteiger charge is -2.16. The summed E-state index contributed by atoms with van der Waals surface area (Å²) in [5.74, 6) is 6.83. The number of nitrogen functional groups attached to an aromatic ring is 1. The Morgan fingerprint density at radius 1 is 1.16 bits per heavy atom. The molecule has 0 aliphatic carbocycles. The molecule has 25 heavy (non-hydrogen) atoms. The molecule has 6 nitrogen and oxygen atoms in total. The Hall–Kier alpha value is -2.54. The molecule has 3 rings (SSSR count). The van der Waals surface area contributed by atoms with Gasteiger partial charge in [-0.1, -0.05) is 68.9 Å². The van der Waals surface area contributed by atoms with Crippen LogP contribution in [0.4, 0.5) is 5.69 Å². The first-order valence-corrected chi connectivity index (χ1v) is 8.96. The zero-order valence-electron chi connectivity index (χ0n) is 14.5. The number of nitrogens with two attached hydrogens (primary N) is 1. The van der Waals surface area contributed by atoms with E-state index in [-0.39, 0.29) is 17.1 Å². The highest BCUT2D eigenvalue weighted by atomic mass is 32.2. The van der Waals surface area contributed by atoms with Crippen LogP contribution in [0.15, 0.2) is 47.6 Å². The third kappa shape index (κ3) is 3.76. The molecule has 0 bridgehead atoms. The molecule has 1 amide bonds. The highest BCUT2D eigenvalue weighted by Gasteiger charge is 2.23. The van der Waals surface area contributed by atoms with Crippen molar-refractivity contribution < 1.29 is 4.79 Å². The van der Waals surface area contributed by atoms with Crippen molar-refractivity contribution in [2.45, 2.75) is 31.3 Å². The fourth-order valence-corrected chi connectivity index (χ4v) is 3.19. The van der Waals surface area contributed by atoms with Crippen molar-refractivity contribution in [3.8, 4) is 0 Å². The van der Waals surface area contributed by atoms with Gasteiger partial charge in [-0.3, -0.25) is 4.79 Å². The summed E-state index contributed by atoms with van der Waals surface area (Å²) in [6.45, 7) is 6.05. The second kappa shape index (κ2) is 6.76. The first-order chi connectivity index (χ1) is 11.9. The van der Waals surface area contributed by atoms with Crippen molar-refractivity contribution in [1.82, 2.24) is 14.9 Å². The number of carbonyl (C=O) groups is 1. The van der Waals surface area contributed by atoms with Gasteiger partial charge in [0, 0.05) is 16.5 Å². The summed E-state index contributed by atoms with van der Waals surface area (Å²) in [6, 6.07) is 13.8. The van der Waals surface area contributed by atoms with Crippen LogP contribution < -0.4 is 11.2 Å². The summed E-state index contributed by atoms with van der Waals surface area (Å²) in [6.07, 6.45) is 0. The standard InChI is InChI=1S/C18H21N5OS/c1-18(2,3)16-21-22-17(23(16)19)25-11-15(24)20-14-10-6-8-12-7-4-5-9-13(12)14/h4-10H,11,19H2,1-3H3,(H,20,24). The molecular weight excluding hydrogens is 334 g/mol. The molecule has 0 fully saturated rings. The molecule has 0 saturated heterocycles. The molecular formula is C18H21N5OS. The van der Waals surface area contributed by atoms with Gasteiger partial charge in [0.15, 0.2) is 5.82 Å². The number of fused-ring (bicyclic) bond motifs is 1. The topological polar surface area (TPSA) is 85.8 Å². The number of hydrogen-bond acceptors (Lipinski definition) is 5. The zero-order chi connectivity index (χ0) is 18.0. The van der Waals surface area contributed by atoms with Gasteiger partial charge in [0.05, 0.1) is 5.75 Å². The van der Waals surface area contributed by atoms with E-state index in [2.05, 4.69) is 15.5 Å². The van der Waals surface area contributed by atoms with Crippen LogP contribution in [0.5, 0.6) is 0 Å². The van der Waals surface area contributed by atoms with Gasteiger partial charge in [-0.05, 0) is 11.5 Å². The van der Waals surface area contributed by atoms with Crippen molar-refractivity contribution >= 4 is 34.1 Å². The highest BCUT2D eigenvalue weighted by molar-refractivity contribution is 7.99. The van der Waals surface area contributed by atoms with Crippen molar-refractivity contribution in [3.63, 3.8) is 0 Å². The molecule has 0 aliphatic heterocycles. The van der Waals surface area contributed by atoms with Crippen LogP contribution in [0, 0.1) is 0 Å². The maximum Gasteiger partial charge on any atom is 0.234 e. The minimum atomic E-state index is -0.203. The Balaban J connectivity index is 1.68. The molecule has 0 spiro atoms. The van der Waals surface area contributed by atoms with Gasteiger partial charge in [0.1, 0.15) is 0 Å². The normalized spacial score (nSPS) is 11.6. The van der Waals surface area contributed by atoms with Crippen LogP contribution in [0.1, 0.15) is 26.6 Å². The molecule has 1 heterocycles. The van der Waals surface area contributed by atoms with Gasteiger partial charge in [-0.25, -0.2) is 4.68 Å². The average molecular weight is 355 g/mol. The Morgan fingerprint density at radius 2 is 1.88 bits per heavy atom. The van der Waals surface area contributed by atoms with Gasteiger partial charge >= 0.3 is 0 Å². The summed E-state index contributed by atoms with van der Waals surface area (Å²) in [5, 5.41) is 13.8. The SMILES string of the molecule is CC(C)(C)c1nnc(SCC(=O)Nc2cccc3ccccc23)n1N. The molecule has 0 radical (unpaired) electrons. The van der Waals surface area contributed by atoms with Gasteiger partial charge in [-0.15, -0.1) is 10.2 Å². The third-order valence-corrected chi connectivity index (χ3v) is 4.67. The van der Waals surface area contributed by atoms with E-state index in [1.165, 1.54) is 16.4 Å². The number of nitrogens with one attached hydrogen (secondary N) is 1. The van der Waals surface area contributed by atoms with Crippen molar-refractivity contribution in [1.29, 1.82) is 0 Å². The quantitative estimate of drug-likeness (QED) is 0.554. The molecule has 1 aromatic heterocycles. The van der Waals surface area contributed by atoms with Crippen molar-refractivity contribution in [2.75, 3.05) is 16.9 Å². The molecule has 3 N–H and O–H groups in total. The van der Waals surface area contributed by atoms with Gasteiger partial charge in [0.2, 0.25) is 11.1 Å². The second-order valence-electron chi connectivity index (χ2n) is 6.79. The summed E-state index contributed by atoms with van der Waals surface area (Å²) < 4.78 is 1.45.